The second-order valence-electron chi connectivity index (χ2n) is 5.47. The molecule has 0 aliphatic rings. The largest absolute Gasteiger partial charge is 0.466 e. The summed E-state index contributed by atoms with van der Waals surface area (Å²) < 4.78 is 5.79. The van der Waals surface area contributed by atoms with Gasteiger partial charge in [-0.3, -0.25) is 0 Å². The highest BCUT2D eigenvalue weighted by Crippen LogP contribution is 2.31. The molecule has 0 saturated carbocycles. The summed E-state index contributed by atoms with van der Waals surface area (Å²) in [5.41, 5.74) is 5.24. The Hall–Kier alpha value is -1.54. The number of furan rings is 1. The highest BCUT2D eigenvalue weighted by molar-refractivity contribution is 5.41. The van der Waals surface area contributed by atoms with Crippen molar-refractivity contribution >= 4 is 0 Å². The molecule has 0 fully saturated rings. The van der Waals surface area contributed by atoms with Gasteiger partial charge in [0.1, 0.15) is 11.5 Å². The summed E-state index contributed by atoms with van der Waals surface area (Å²) in [6.07, 6.45) is 2.31. The van der Waals surface area contributed by atoms with Crippen LogP contribution in [-0.4, -0.2) is 7.05 Å². The van der Waals surface area contributed by atoms with Crippen molar-refractivity contribution in [2.24, 2.45) is 0 Å². The molecule has 0 amide bonds. The lowest BCUT2D eigenvalue weighted by Gasteiger charge is -2.18. The molecule has 0 spiro atoms. The van der Waals surface area contributed by atoms with Crippen LogP contribution in [0.25, 0.3) is 0 Å². The molecule has 0 aliphatic carbocycles. The van der Waals surface area contributed by atoms with E-state index in [1.165, 1.54) is 28.7 Å². The molecule has 1 unspecified atom stereocenters. The standard InChI is InChI=1S/C18H25NO/c1-6-8-15-9-7-10-16(11-15)18(19-5)17-12(2)13(3)20-14(17)4/h7,9-11,18-19H,6,8H2,1-5H3. The van der Waals surface area contributed by atoms with Gasteiger partial charge in [-0.2, -0.15) is 0 Å². The fourth-order valence-electron chi connectivity index (χ4n) is 2.93. The fraction of sp³-hybridized carbons (Fsp3) is 0.444. The second-order valence-corrected chi connectivity index (χ2v) is 5.47. The third kappa shape index (κ3) is 2.80. The van der Waals surface area contributed by atoms with Crippen molar-refractivity contribution in [3.63, 3.8) is 0 Å². The zero-order chi connectivity index (χ0) is 14.7. The van der Waals surface area contributed by atoms with Crippen LogP contribution in [-0.2, 0) is 6.42 Å². The first-order valence-corrected chi connectivity index (χ1v) is 7.41. The minimum atomic E-state index is 0.198. The smallest absolute Gasteiger partial charge is 0.106 e. The van der Waals surface area contributed by atoms with E-state index in [1.807, 2.05) is 14.0 Å². The molecule has 1 aromatic carbocycles. The Labute approximate surface area is 122 Å². The topological polar surface area (TPSA) is 25.2 Å². The number of aryl methyl sites for hydroxylation is 3. The van der Waals surface area contributed by atoms with Crippen LogP contribution in [0.15, 0.2) is 28.7 Å². The molecular weight excluding hydrogens is 246 g/mol. The van der Waals surface area contributed by atoms with E-state index in [9.17, 15) is 0 Å². The van der Waals surface area contributed by atoms with E-state index in [2.05, 4.69) is 50.4 Å². The molecule has 0 saturated heterocycles. The van der Waals surface area contributed by atoms with Crippen molar-refractivity contribution < 1.29 is 4.42 Å². The molecular formula is C18H25NO. The molecule has 108 valence electrons. The third-order valence-corrected chi connectivity index (χ3v) is 4.02. The summed E-state index contributed by atoms with van der Waals surface area (Å²) in [5.74, 6) is 2.03. The molecule has 1 N–H and O–H groups in total. The first-order chi connectivity index (χ1) is 9.58. The van der Waals surface area contributed by atoms with Gasteiger partial charge >= 0.3 is 0 Å². The van der Waals surface area contributed by atoms with E-state index in [-0.39, 0.29) is 6.04 Å². The SMILES string of the molecule is CCCc1cccc(C(NC)c2c(C)oc(C)c2C)c1. The van der Waals surface area contributed by atoms with E-state index >= 15 is 0 Å². The molecule has 0 aliphatic heterocycles. The lowest BCUT2D eigenvalue weighted by molar-refractivity contribution is 0.495. The molecule has 0 bridgehead atoms. The molecule has 1 aromatic heterocycles. The van der Waals surface area contributed by atoms with Crippen molar-refractivity contribution in [2.75, 3.05) is 7.05 Å². The van der Waals surface area contributed by atoms with Crippen LogP contribution < -0.4 is 5.32 Å². The van der Waals surface area contributed by atoms with Crippen LogP contribution in [0.2, 0.25) is 0 Å². The molecule has 1 atom stereocenters. The zero-order valence-corrected chi connectivity index (χ0v) is 13.2. The first kappa shape index (κ1) is 14.9. The van der Waals surface area contributed by atoms with Crippen LogP contribution in [0.4, 0.5) is 0 Å². The number of benzene rings is 1. The number of hydrogen-bond donors (Lipinski definition) is 1. The molecule has 2 nitrogen and oxygen atoms in total. The van der Waals surface area contributed by atoms with Gasteiger partial charge in [0, 0.05) is 5.56 Å². The lowest BCUT2D eigenvalue weighted by atomic mass is 9.94. The van der Waals surface area contributed by atoms with Crippen LogP contribution in [0.1, 0.15) is 53.2 Å². The Morgan fingerprint density at radius 3 is 2.45 bits per heavy atom. The Balaban J connectivity index is 2.44. The van der Waals surface area contributed by atoms with Gasteiger partial charge in [-0.15, -0.1) is 0 Å². The summed E-state index contributed by atoms with van der Waals surface area (Å²) in [5, 5.41) is 3.44. The molecule has 0 radical (unpaired) electrons. The Morgan fingerprint density at radius 2 is 1.90 bits per heavy atom. The lowest BCUT2D eigenvalue weighted by Crippen LogP contribution is -2.19. The van der Waals surface area contributed by atoms with Crippen molar-refractivity contribution in [1.82, 2.24) is 5.32 Å². The molecule has 2 heteroatoms. The predicted octanol–water partition coefficient (Wildman–Crippen LogP) is 4.47. The fourth-order valence-corrected chi connectivity index (χ4v) is 2.93. The maximum atomic E-state index is 5.79. The third-order valence-electron chi connectivity index (χ3n) is 4.02. The Bertz CT molecular complexity index is 583. The molecule has 2 aromatic rings. The number of hydrogen-bond acceptors (Lipinski definition) is 2. The van der Waals surface area contributed by atoms with Gasteiger partial charge in [0.15, 0.2) is 0 Å². The first-order valence-electron chi connectivity index (χ1n) is 7.41. The summed E-state index contributed by atoms with van der Waals surface area (Å²) >= 11 is 0. The van der Waals surface area contributed by atoms with Crippen molar-refractivity contribution in [3.8, 4) is 0 Å². The van der Waals surface area contributed by atoms with Gasteiger partial charge < -0.3 is 9.73 Å². The normalized spacial score (nSPS) is 12.7. The Kier molecular flexibility index (Phi) is 4.66. The van der Waals surface area contributed by atoms with Crippen LogP contribution in [0.5, 0.6) is 0 Å². The van der Waals surface area contributed by atoms with Gasteiger partial charge in [0.2, 0.25) is 0 Å². The zero-order valence-electron chi connectivity index (χ0n) is 13.2. The van der Waals surface area contributed by atoms with Gasteiger partial charge in [-0.25, -0.2) is 0 Å². The van der Waals surface area contributed by atoms with Crippen LogP contribution in [0.3, 0.4) is 0 Å². The highest BCUT2D eigenvalue weighted by Gasteiger charge is 2.21. The van der Waals surface area contributed by atoms with Gasteiger partial charge in [0.05, 0.1) is 6.04 Å². The number of rotatable bonds is 5. The average Bonchev–Trinajstić information content (AvgIpc) is 2.67. The molecule has 2 rings (SSSR count). The molecule has 1 heterocycles. The Morgan fingerprint density at radius 1 is 1.15 bits per heavy atom. The van der Waals surface area contributed by atoms with Crippen LogP contribution in [0, 0.1) is 20.8 Å². The van der Waals surface area contributed by atoms with E-state index in [1.54, 1.807) is 0 Å². The maximum absolute atomic E-state index is 5.79. The maximum Gasteiger partial charge on any atom is 0.106 e. The van der Waals surface area contributed by atoms with Gasteiger partial charge in [0.25, 0.3) is 0 Å². The predicted molar refractivity (Wildman–Crippen MR) is 84.3 cm³/mol. The van der Waals surface area contributed by atoms with E-state index < -0.39 is 0 Å². The van der Waals surface area contributed by atoms with Gasteiger partial charge in [-0.1, -0.05) is 37.6 Å². The van der Waals surface area contributed by atoms with E-state index in [0.29, 0.717) is 0 Å². The quantitative estimate of drug-likeness (QED) is 0.868. The van der Waals surface area contributed by atoms with Gasteiger partial charge in [-0.05, 0) is 50.9 Å². The van der Waals surface area contributed by atoms with E-state index in [4.69, 9.17) is 4.42 Å². The summed E-state index contributed by atoms with van der Waals surface area (Å²) in [6.45, 7) is 8.44. The second kappa shape index (κ2) is 6.27. The van der Waals surface area contributed by atoms with Crippen molar-refractivity contribution in [1.29, 1.82) is 0 Å². The monoisotopic (exact) mass is 271 g/mol. The van der Waals surface area contributed by atoms with Crippen molar-refractivity contribution in [2.45, 2.75) is 46.6 Å². The van der Waals surface area contributed by atoms with Crippen LogP contribution >= 0.6 is 0 Å². The average molecular weight is 271 g/mol. The minimum absolute atomic E-state index is 0.198. The number of nitrogens with one attached hydrogen (secondary N) is 1. The summed E-state index contributed by atoms with van der Waals surface area (Å²) in [6, 6.07) is 9.07. The van der Waals surface area contributed by atoms with Crippen molar-refractivity contribution in [3.05, 3.63) is 58.0 Å². The molecule has 20 heavy (non-hydrogen) atoms. The van der Waals surface area contributed by atoms with E-state index in [0.717, 1.165) is 17.9 Å². The summed E-state index contributed by atoms with van der Waals surface area (Å²) in [7, 11) is 2.01. The summed E-state index contributed by atoms with van der Waals surface area (Å²) in [4.78, 5) is 0. The minimum Gasteiger partial charge on any atom is -0.466 e. The highest BCUT2D eigenvalue weighted by atomic mass is 16.3.